The van der Waals surface area contributed by atoms with Crippen LogP contribution in [0.3, 0.4) is 0 Å². The van der Waals surface area contributed by atoms with Crippen molar-refractivity contribution in [1.29, 1.82) is 0 Å². The van der Waals surface area contributed by atoms with Gasteiger partial charge in [-0.25, -0.2) is 14.0 Å². The van der Waals surface area contributed by atoms with Crippen LogP contribution >= 0.6 is 0 Å². The second kappa shape index (κ2) is 8.06. The van der Waals surface area contributed by atoms with Crippen LogP contribution in [0.25, 0.3) is 17.1 Å². The summed E-state index contributed by atoms with van der Waals surface area (Å²) in [5, 5.41) is 4.61. The van der Waals surface area contributed by atoms with Crippen molar-refractivity contribution in [1.82, 2.24) is 28.5 Å². The summed E-state index contributed by atoms with van der Waals surface area (Å²) >= 11 is 0. The molecule has 10 heteroatoms. The van der Waals surface area contributed by atoms with Gasteiger partial charge in [0.25, 0.3) is 5.56 Å². The van der Waals surface area contributed by atoms with Crippen molar-refractivity contribution in [3.05, 3.63) is 38.3 Å². The molecule has 3 heterocycles. The first kappa shape index (κ1) is 20.6. The molecular formula is C19H26N6O4. The van der Waals surface area contributed by atoms with Gasteiger partial charge in [0, 0.05) is 19.3 Å². The van der Waals surface area contributed by atoms with Gasteiger partial charge >= 0.3 is 11.7 Å². The van der Waals surface area contributed by atoms with Crippen molar-refractivity contribution in [2.45, 2.75) is 53.6 Å². The molecular weight excluding hydrogens is 376 g/mol. The Balaban J connectivity index is 2.32. The van der Waals surface area contributed by atoms with Crippen LogP contribution in [0.15, 0.2) is 15.7 Å². The molecule has 3 aromatic rings. The molecule has 29 heavy (non-hydrogen) atoms. The molecule has 0 spiro atoms. The number of fused-ring (bicyclic) bond motifs is 1. The molecule has 3 aromatic heterocycles. The quantitative estimate of drug-likeness (QED) is 0.541. The number of rotatable bonds is 7. The van der Waals surface area contributed by atoms with E-state index < -0.39 is 23.8 Å². The molecule has 0 saturated carbocycles. The normalized spacial score (nSPS) is 11.3. The Morgan fingerprint density at radius 3 is 2.41 bits per heavy atom. The number of nitrogens with zero attached hydrogens (tertiary/aromatic N) is 6. The van der Waals surface area contributed by atoms with E-state index >= 15 is 0 Å². The SMILES string of the molecule is CCOC(=O)Cn1c(=O)c2c(nc(-n3nc(CC)cc3CC)n2CC)n(C)c1=O. The Morgan fingerprint density at radius 2 is 1.83 bits per heavy atom. The molecule has 0 aliphatic rings. The number of ether oxygens (including phenoxy) is 1. The van der Waals surface area contributed by atoms with Gasteiger partial charge in [-0.1, -0.05) is 13.8 Å². The van der Waals surface area contributed by atoms with Gasteiger partial charge in [0.2, 0.25) is 5.95 Å². The summed E-state index contributed by atoms with van der Waals surface area (Å²) < 4.78 is 10.5. The number of carbonyl (C=O) groups excluding carboxylic acids is 1. The lowest BCUT2D eigenvalue weighted by Gasteiger charge is -2.10. The third-order valence-electron chi connectivity index (χ3n) is 4.87. The number of hydrogen-bond acceptors (Lipinski definition) is 6. The summed E-state index contributed by atoms with van der Waals surface area (Å²) in [5.74, 6) is -0.165. The zero-order valence-corrected chi connectivity index (χ0v) is 17.4. The first-order chi connectivity index (χ1) is 13.9. The van der Waals surface area contributed by atoms with Crippen molar-refractivity contribution in [3.8, 4) is 5.95 Å². The minimum Gasteiger partial charge on any atom is -0.465 e. The van der Waals surface area contributed by atoms with Crippen LogP contribution in [-0.4, -0.2) is 41.0 Å². The summed E-state index contributed by atoms with van der Waals surface area (Å²) in [4.78, 5) is 42.3. The number of esters is 1. The molecule has 3 rings (SSSR count). The van der Waals surface area contributed by atoms with Gasteiger partial charge in [0.05, 0.1) is 12.3 Å². The predicted molar refractivity (Wildman–Crippen MR) is 107 cm³/mol. The average molecular weight is 402 g/mol. The fourth-order valence-corrected chi connectivity index (χ4v) is 3.37. The number of aryl methyl sites for hydroxylation is 4. The molecule has 0 amide bonds. The minimum absolute atomic E-state index is 0.173. The Kier molecular flexibility index (Phi) is 5.71. The van der Waals surface area contributed by atoms with Crippen LogP contribution < -0.4 is 11.2 Å². The number of aromatic nitrogens is 6. The van der Waals surface area contributed by atoms with Gasteiger partial charge in [-0.15, -0.1) is 0 Å². The van der Waals surface area contributed by atoms with Gasteiger partial charge in [-0.3, -0.25) is 14.2 Å². The van der Waals surface area contributed by atoms with E-state index in [-0.39, 0.29) is 17.8 Å². The van der Waals surface area contributed by atoms with Gasteiger partial charge in [-0.2, -0.15) is 10.1 Å². The summed E-state index contributed by atoms with van der Waals surface area (Å²) in [6.07, 6.45) is 1.52. The Hall–Kier alpha value is -3.17. The van der Waals surface area contributed by atoms with Gasteiger partial charge in [-0.05, 0) is 32.8 Å². The van der Waals surface area contributed by atoms with E-state index in [0.29, 0.717) is 12.5 Å². The second-order valence-electron chi connectivity index (χ2n) is 6.61. The first-order valence-electron chi connectivity index (χ1n) is 9.81. The molecule has 0 aliphatic heterocycles. The van der Waals surface area contributed by atoms with Crippen molar-refractivity contribution in [2.24, 2.45) is 7.05 Å². The molecule has 0 atom stereocenters. The van der Waals surface area contributed by atoms with E-state index in [1.54, 1.807) is 16.2 Å². The van der Waals surface area contributed by atoms with Crippen LogP contribution in [-0.2, 0) is 42.5 Å². The van der Waals surface area contributed by atoms with Gasteiger partial charge < -0.3 is 9.30 Å². The van der Waals surface area contributed by atoms with Crippen LogP contribution in [0, 0.1) is 0 Å². The summed E-state index contributed by atoms with van der Waals surface area (Å²) in [5.41, 5.74) is 1.21. The second-order valence-corrected chi connectivity index (χ2v) is 6.61. The average Bonchev–Trinajstić information content (AvgIpc) is 3.30. The largest absolute Gasteiger partial charge is 0.465 e. The Bertz CT molecular complexity index is 1180. The number of hydrogen-bond donors (Lipinski definition) is 0. The Labute approximate surface area is 167 Å². The maximum absolute atomic E-state index is 13.1. The highest BCUT2D eigenvalue weighted by atomic mass is 16.5. The highest BCUT2D eigenvalue weighted by Gasteiger charge is 2.23. The monoisotopic (exact) mass is 402 g/mol. The van der Waals surface area contributed by atoms with Crippen molar-refractivity contribution < 1.29 is 9.53 Å². The van der Waals surface area contributed by atoms with E-state index in [4.69, 9.17) is 4.74 Å². The lowest BCUT2D eigenvalue weighted by Crippen LogP contribution is -2.41. The zero-order valence-electron chi connectivity index (χ0n) is 17.4. The minimum atomic E-state index is -0.637. The molecule has 0 saturated heterocycles. The van der Waals surface area contributed by atoms with Crippen LogP contribution in [0.2, 0.25) is 0 Å². The van der Waals surface area contributed by atoms with Crippen LogP contribution in [0.4, 0.5) is 0 Å². The maximum atomic E-state index is 13.1. The Morgan fingerprint density at radius 1 is 1.10 bits per heavy atom. The summed E-state index contributed by atoms with van der Waals surface area (Å²) in [6, 6.07) is 2.01. The highest BCUT2D eigenvalue weighted by molar-refractivity contribution is 5.74. The molecule has 0 fully saturated rings. The lowest BCUT2D eigenvalue weighted by molar-refractivity contribution is -0.143. The molecule has 0 unspecified atom stereocenters. The number of carbonyl (C=O) groups is 1. The zero-order chi connectivity index (χ0) is 21.3. The van der Waals surface area contributed by atoms with Crippen LogP contribution in [0.1, 0.15) is 39.1 Å². The van der Waals surface area contributed by atoms with Gasteiger partial charge in [0.1, 0.15) is 6.54 Å². The van der Waals surface area contributed by atoms with E-state index in [9.17, 15) is 14.4 Å². The van der Waals surface area contributed by atoms with Crippen molar-refractivity contribution in [3.63, 3.8) is 0 Å². The maximum Gasteiger partial charge on any atom is 0.333 e. The third-order valence-corrected chi connectivity index (χ3v) is 4.87. The topological polar surface area (TPSA) is 106 Å². The standard InChI is InChI=1S/C19H26N6O4/c1-6-12-10-13(7-2)25(21-12)18-20-16-15(23(18)8-3)17(27)24(19(28)22(16)5)11-14(26)29-9-4/h10H,6-9,11H2,1-5H3. The smallest absolute Gasteiger partial charge is 0.333 e. The van der Waals surface area contributed by atoms with Crippen molar-refractivity contribution >= 4 is 17.1 Å². The van der Waals surface area contributed by atoms with E-state index in [1.807, 2.05) is 26.8 Å². The molecule has 0 bridgehead atoms. The first-order valence-corrected chi connectivity index (χ1v) is 9.81. The molecule has 10 nitrogen and oxygen atoms in total. The molecule has 0 aliphatic carbocycles. The molecule has 0 aromatic carbocycles. The van der Waals surface area contributed by atoms with E-state index in [0.717, 1.165) is 28.8 Å². The van der Waals surface area contributed by atoms with Crippen LogP contribution in [0.5, 0.6) is 0 Å². The molecule has 156 valence electrons. The summed E-state index contributed by atoms with van der Waals surface area (Å²) in [7, 11) is 1.53. The summed E-state index contributed by atoms with van der Waals surface area (Å²) in [6.45, 7) is 7.78. The van der Waals surface area contributed by atoms with Crippen molar-refractivity contribution in [2.75, 3.05) is 6.61 Å². The lowest BCUT2D eigenvalue weighted by atomic mass is 10.3. The van der Waals surface area contributed by atoms with E-state index in [2.05, 4.69) is 10.1 Å². The fourth-order valence-electron chi connectivity index (χ4n) is 3.37. The number of imidazole rings is 1. The predicted octanol–water partition coefficient (Wildman–Crippen LogP) is 0.790. The molecule has 0 N–H and O–H groups in total. The van der Waals surface area contributed by atoms with E-state index in [1.165, 1.54) is 11.6 Å². The molecule has 0 radical (unpaired) electrons. The highest BCUT2D eigenvalue weighted by Crippen LogP contribution is 2.18. The third kappa shape index (κ3) is 3.39. The van der Waals surface area contributed by atoms with Gasteiger partial charge in [0.15, 0.2) is 11.2 Å². The fraction of sp³-hybridized carbons (Fsp3) is 0.526.